The van der Waals surface area contributed by atoms with Crippen LogP contribution < -0.4 is 14.8 Å². The summed E-state index contributed by atoms with van der Waals surface area (Å²) in [6, 6.07) is 5.54. The molecular formula is C17H21NO5S. The second kappa shape index (κ2) is 7.92. The van der Waals surface area contributed by atoms with Gasteiger partial charge in [-0.15, -0.1) is 0 Å². The zero-order valence-corrected chi connectivity index (χ0v) is 14.1. The molecule has 7 heteroatoms. The lowest BCUT2D eigenvalue weighted by molar-refractivity contribution is -0.118. The summed E-state index contributed by atoms with van der Waals surface area (Å²) < 4.78 is 16.3. The molecule has 3 rings (SSSR count). The van der Waals surface area contributed by atoms with Gasteiger partial charge in [0.1, 0.15) is 0 Å². The van der Waals surface area contributed by atoms with Gasteiger partial charge in [-0.2, -0.15) is 11.8 Å². The van der Waals surface area contributed by atoms with Gasteiger partial charge >= 0.3 is 0 Å². The lowest BCUT2D eigenvalue weighted by Crippen LogP contribution is -2.45. The predicted molar refractivity (Wildman–Crippen MR) is 92.3 cm³/mol. The van der Waals surface area contributed by atoms with E-state index in [9.17, 15) is 4.79 Å². The van der Waals surface area contributed by atoms with Crippen LogP contribution in [0.2, 0.25) is 0 Å². The van der Waals surface area contributed by atoms with Gasteiger partial charge in [0.05, 0.1) is 18.8 Å². The van der Waals surface area contributed by atoms with E-state index in [0.29, 0.717) is 18.9 Å². The quantitative estimate of drug-likeness (QED) is 0.724. The first-order valence-corrected chi connectivity index (χ1v) is 9.04. The van der Waals surface area contributed by atoms with Gasteiger partial charge in [-0.25, -0.2) is 0 Å². The van der Waals surface area contributed by atoms with Crippen molar-refractivity contribution in [2.24, 2.45) is 0 Å². The fraction of sp³-hybridized carbons (Fsp3) is 0.471. The van der Waals surface area contributed by atoms with Crippen LogP contribution >= 0.6 is 11.8 Å². The molecule has 1 aromatic carbocycles. The van der Waals surface area contributed by atoms with Crippen LogP contribution in [0.4, 0.5) is 0 Å². The standard InChI is InChI=1S/C17H21NO5S/c19-6-7-23-17(5-8-24-11-17)10-18-16(20)4-2-13-1-3-14-15(9-13)22-12-21-14/h1-4,9,19H,5-8,10-12H2,(H,18,20)/b4-2+. The molecule has 1 amide bonds. The normalized spacial score (nSPS) is 22.2. The third-order valence-corrected chi connectivity index (χ3v) is 5.20. The number of benzene rings is 1. The molecule has 0 aliphatic carbocycles. The third-order valence-electron chi connectivity index (χ3n) is 3.98. The minimum absolute atomic E-state index is 0.00954. The number of fused-ring (bicyclic) bond motifs is 1. The van der Waals surface area contributed by atoms with Gasteiger partial charge in [0.25, 0.3) is 0 Å². The van der Waals surface area contributed by atoms with Gasteiger partial charge in [0, 0.05) is 18.4 Å². The number of nitrogens with one attached hydrogen (secondary N) is 1. The summed E-state index contributed by atoms with van der Waals surface area (Å²) in [7, 11) is 0. The lowest BCUT2D eigenvalue weighted by atomic mass is 10.0. The Hall–Kier alpha value is -1.70. The van der Waals surface area contributed by atoms with E-state index in [4.69, 9.17) is 19.3 Å². The van der Waals surface area contributed by atoms with Crippen molar-refractivity contribution in [3.8, 4) is 11.5 Å². The van der Waals surface area contributed by atoms with Crippen molar-refractivity contribution >= 4 is 23.7 Å². The number of amides is 1. The van der Waals surface area contributed by atoms with Crippen LogP contribution in [0.3, 0.4) is 0 Å². The smallest absolute Gasteiger partial charge is 0.244 e. The van der Waals surface area contributed by atoms with Crippen LogP contribution in [0.25, 0.3) is 6.08 Å². The highest BCUT2D eigenvalue weighted by molar-refractivity contribution is 7.99. The van der Waals surface area contributed by atoms with Crippen molar-refractivity contribution in [2.75, 3.05) is 38.1 Å². The van der Waals surface area contributed by atoms with Gasteiger partial charge in [0.15, 0.2) is 11.5 Å². The van der Waals surface area contributed by atoms with Gasteiger partial charge in [-0.05, 0) is 35.9 Å². The summed E-state index contributed by atoms with van der Waals surface area (Å²) in [5, 5.41) is 11.8. The van der Waals surface area contributed by atoms with Crippen molar-refractivity contribution in [2.45, 2.75) is 12.0 Å². The molecule has 1 fully saturated rings. The number of carbonyl (C=O) groups excluding carboxylic acids is 1. The highest BCUT2D eigenvalue weighted by Gasteiger charge is 2.35. The van der Waals surface area contributed by atoms with Crippen LogP contribution in [-0.2, 0) is 9.53 Å². The van der Waals surface area contributed by atoms with Gasteiger partial charge in [-0.3, -0.25) is 4.79 Å². The van der Waals surface area contributed by atoms with Gasteiger partial charge in [-0.1, -0.05) is 6.07 Å². The SMILES string of the molecule is O=C(/C=C/c1ccc2c(c1)OCO2)NCC1(OCCO)CCSC1. The first kappa shape index (κ1) is 17.1. The van der Waals surface area contributed by atoms with E-state index in [-0.39, 0.29) is 24.9 Å². The molecule has 0 bridgehead atoms. The molecule has 1 unspecified atom stereocenters. The number of rotatable bonds is 7. The molecule has 2 N–H and O–H groups in total. The maximum Gasteiger partial charge on any atom is 0.244 e. The molecule has 0 radical (unpaired) electrons. The Morgan fingerprint density at radius 2 is 2.29 bits per heavy atom. The molecule has 1 aromatic rings. The van der Waals surface area contributed by atoms with Crippen molar-refractivity contribution in [1.82, 2.24) is 5.32 Å². The number of aliphatic hydroxyl groups is 1. The predicted octanol–water partition coefficient (Wildman–Crippen LogP) is 1.43. The molecular weight excluding hydrogens is 330 g/mol. The van der Waals surface area contributed by atoms with E-state index in [1.54, 1.807) is 17.8 Å². The average molecular weight is 351 g/mol. The summed E-state index contributed by atoms with van der Waals surface area (Å²) in [6.07, 6.45) is 4.12. The molecule has 2 heterocycles. The molecule has 130 valence electrons. The summed E-state index contributed by atoms with van der Waals surface area (Å²) in [4.78, 5) is 12.1. The monoisotopic (exact) mass is 351 g/mol. The van der Waals surface area contributed by atoms with Crippen molar-refractivity contribution < 1.29 is 24.1 Å². The molecule has 24 heavy (non-hydrogen) atoms. The lowest BCUT2D eigenvalue weighted by Gasteiger charge is -2.28. The van der Waals surface area contributed by atoms with Crippen LogP contribution in [-0.4, -0.2) is 54.7 Å². The zero-order chi connectivity index (χ0) is 16.8. The molecule has 2 aliphatic rings. The van der Waals surface area contributed by atoms with Crippen molar-refractivity contribution in [3.63, 3.8) is 0 Å². The minimum atomic E-state index is -0.365. The van der Waals surface area contributed by atoms with E-state index in [1.165, 1.54) is 6.08 Å². The van der Waals surface area contributed by atoms with E-state index >= 15 is 0 Å². The van der Waals surface area contributed by atoms with Gasteiger partial charge < -0.3 is 24.6 Å². The fourth-order valence-corrected chi connectivity index (χ4v) is 4.01. The number of thioether (sulfide) groups is 1. The maximum atomic E-state index is 12.1. The first-order valence-electron chi connectivity index (χ1n) is 7.89. The third kappa shape index (κ3) is 4.23. The average Bonchev–Trinajstić information content (AvgIpc) is 3.25. The Labute approximate surface area is 145 Å². The Morgan fingerprint density at radius 1 is 1.42 bits per heavy atom. The second-order valence-corrected chi connectivity index (χ2v) is 6.83. The Bertz CT molecular complexity index is 613. The maximum absolute atomic E-state index is 12.1. The minimum Gasteiger partial charge on any atom is -0.454 e. The first-order chi connectivity index (χ1) is 11.7. The van der Waals surface area contributed by atoms with Crippen LogP contribution in [0.15, 0.2) is 24.3 Å². The van der Waals surface area contributed by atoms with E-state index in [1.807, 2.05) is 18.2 Å². The summed E-state index contributed by atoms with van der Waals surface area (Å²) in [5.41, 5.74) is 0.507. The molecule has 1 atom stereocenters. The zero-order valence-electron chi connectivity index (χ0n) is 13.3. The number of hydrogen-bond acceptors (Lipinski definition) is 6. The van der Waals surface area contributed by atoms with E-state index in [0.717, 1.165) is 29.2 Å². The number of aliphatic hydroxyl groups excluding tert-OH is 1. The highest BCUT2D eigenvalue weighted by Crippen LogP contribution is 2.33. The largest absolute Gasteiger partial charge is 0.454 e. The van der Waals surface area contributed by atoms with E-state index < -0.39 is 0 Å². The van der Waals surface area contributed by atoms with Crippen LogP contribution in [0, 0.1) is 0 Å². The highest BCUT2D eigenvalue weighted by atomic mass is 32.2. The van der Waals surface area contributed by atoms with Gasteiger partial charge in [0.2, 0.25) is 12.7 Å². The number of carbonyl (C=O) groups is 1. The molecule has 6 nitrogen and oxygen atoms in total. The van der Waals surface area contributed by atoms with Crippen molar-refractivity contribution in [3.05, 3.63) is 29.8 Å². The molecule has 1 saturated heterocycles. The summed E-state index contributed by atoms with van der Waals surface area (Å²) >= 11 is 1.80. The second-order valence-electron chi connectivity index (χ2n) is 5.72. The summed E-state index contributed by atoms with van der Waals surface area (Å²) in [5.74, 6) is 3.08. The fourth-order valence-electron chi connectivity index (χ4n) is 2.65. The Morgan fingerprint density at radius 3 is 3.08 bits per heavy atom. The topological polar surface area (TPSA) is 77.0 Å². The number of hydrogen-bond donors (Lipinski definition) is 2. The summed E-state index contributed by atoms with van der Waals surface area (Å²) in [6.45, 7) is 0.967. The Kier molecular flexibility index (Phi) is 5.65. The van der Waals surface area contributed by atoms with Crippen LogP contribution in [0.5, 0.6) is 11.5 Å². The van der Waals surface area contributed by atoms with E-state index in [2.05, 4.69) is 5.32 Å². The molecule has 0 aromatic heterocycles. The molecule has 2 aliphatic heterocycles. The molecule has 0 spiro atoms. The molecule has 0 saturated carbocycles. The number of ether oxygens (including phenoxy) is 3. The Balaban J connectivity index is 1.53. The van der Waals surface area contributed by atoms with Crippen molar-refractivity contribution in [1.29, 1.82) is 0 Å². The van der Waals surface area contributed by atoms with Crippen LogP contribution in [0.1, 0.15) is 12.0 Å².